The van der Waals surface area contributed by atoms with Crippen molar-refractivity contribution in [3.05, 3.63) is 41.7 Å². The summed E-state index contributed by atoms with van der Waals surface area (Å²) in [6.45, 7) is 3.45. The van der Waals surface area contributed by atoms with E-state index in [1.165, 1.54) is 30.8 Å². The van der Waals surface area contributed by atoms with Crippen molar-refractivity contribution in [2.75, 3.05) is 16.0 Å². The van der Waals surface area contributed by atoms with Crippen LogP contribution in [0.1, 0.15) is 38.7 Å². The molecule has 1 aromatic carbocycles. The molecule has 0 aliphatic carbocycles. The largest absolute Gasteiger partial charge is 0.309 e. The average Bonchev–Trinajstić information content (AvgIpc) is 2.66. The van der Waals surface area contributed by atoms with Gasteiger partial charge in [-0.2, -0.15) is 0 Å². The first-order valence-electron chi connectivity index (χ1n) is 9.28. The van der Waals surface area contributed by atoms with Crippen LogP contribution in [0.15, 0.2) is 35.4 Å². The minimum absolute atomic E-state index is 0.0627. The van der Waals surface area contributed by atoms with Crippen LogP contribution in [0.5, 0.6) is 0 Å². The number of hydrogen-bond donors (Lipinski definition) is 1. The standard InChI is InChI=1S/C20H23FN4O2S/c1-13-5-6-15-12-16(21)7-8-17(15)25(13)20(27)4-3-11-28-19-10-9-18(23-24-19)22-14(2)26/h7-10,12-13H,3-6,11H2,1-2H3,(H,22,23,26). The second-order valence-corrected chi connectivity index (χ2v) is 7.93. The lowest BCUT2D eigenvalue weighted by atomic mass is 9.96. The van der Waals surface area contributed by atoms with Crippen LogP contribution < -0.4 is 10.2 Å². The first-order valence-corrected chi connectivity index (χ1v) is 10.3. The molecular formula is C20H23FN4O2S. The number of aromatic nitrogens is 2. The Labute approximate surface area is 167 Å². The monoisotopic (exact) mass is 402 g/mol. The number of thioether (sulfide) groups is 1. The summed E-state index contributed by atoms with van der Waals surface area (Å²) in [4.78, 5) is 25.6. The van der Waals surface area contributed by atoms with Gasteiger partial charge in [-0.15, -0.1) is 22.0 Å². The zero-order valence-electron chi connectivity index (χ0n) is 15.9. The third-order valence-electron chi connectivity index (χ3n) is 4.57. The predicted molar refractivity (Wildman–Crippen MR) is 108 cm³/mol. The fourth-order valence-corrected chi connectivity index (χ4v) is 4.03. The Morgan fingerprint density at radius 2 is 2.11 bits per heavy atom. The highest BCUT2D eigenvalue weighted by Crippen LogP contribution is 2.32. The molecule has 8 heteroatoms. The number of carbonyl (C=O) groups is 2. The van der Waals surface area contributed by atoms with E-state index in [1.54, 1.807) is 18.2 Å². The predicted octanol–water partition coefficient (Wildman–Crippen LogP) is 3.81. The lowest BCUT2D eigenvalue weighted by molar-refractivity contribution is -0.119. The molecule has 0 fully saturated rings. The maximum atomic E-state index is 13.5. The van der Waals surface area contributed by atoms with Crippen molar-refractivity contribution >= 4 is 35.1 Å². The molecule has 2 amide bonds. The van der Waals surface area contributed by atoms with E-state index >= 15 is 0 Å². The number of rotatable bonds is 6. The molecule has 2 heterocycles. The van der Waals surface area contributed by atoms with E-state index in [0.29, 0.717) is 18.7 Å². The number of benzene rings is 1. The molecule has 6 nitrogen and oxygen atoms in total. The molecule has 148 valence electrons. The van der Waals surface area contributed by atoms with Crippen LogP contribution in [0, 0.1) is 5.82 Å². The van der Waals surface area contributed by atoms with Gasteiger partial charge in [0.15, 0.2) is 5.82 Å². The molecule has 3 rings (SSSR count). The van der Waals surface area contributed by atoms with Gasteiger partial charge in [-0.25, -0.2) is 4.39 Å². The lowest BCUT2D eigenvalue weighted by Gasteiger charge is -2.35. The molecule has 1 N–H and O–H groups in total. The Morgan fingerprint density at radius 3 is 2.82 bits per heavy atom. The molecule has 28 heavy (non-hydrogen) atoms. The van der Waals surface area contributed by atoms with E-state index in [2.05, 4.69) is 15.5 Å². The molecule has 0 saturated carbocycles. The van der Waals surface area contributed by atoms with Gasteiger partial charge >= 0.3 is 0 Å². The first kappa shape index (κ1) is 20.3. The van der Waals surface area contributed by atoms with Gasteiger partial charge in [-0.05, 0) is 62.1 Å². The molecule has 1 unspecified atom stereocenters. The SMILES string of the molecule is CC(=O)Nc1ccc(SCCCC(=O)N2c3ccc(F)cc3CCC2C)nn1. The molecule has 1 atom stereocenters. The Balaban J connectivity index is 1.51. The summed E-state index contributed by atoms with van der Waals surface area (Å²) < 4.78 is 13.5. The zero-order valence-corrected chi connectivity index (χ0v) is 16.8. The maximum absolute atomic E-state index is 13.5. The van der Waals surface area contributed by atoms with Crippen LogP contribution in [-0.2, 0) is 16.0 Å². The Kier molecular flexibility index (Phi) is 6.61. The van der Waals surface area contributed by atoms with Gasteiger partial charge in [0.25, 0.3) is 0 Å². The minimum Gasteiger partial charge on any atom is -0.309 e. The Morgan fingerprint density at radius 1 is 1.29 bits per heavy atom. The average molecular weight is 402 g/mol. The zero-order chi connectivity index (χ0) is 20.1. The molecule has 0 spiro atoms. The van der Waals surface area contributed by atoms with Gasteiger partial charge in [0.05, 0.1) is 0 Å². The number of nitrogens with one attached hydrogen (secondary N) is 1. The lowest BCUT2D eigenvalue weighted by Crippen LogP contribution is -2.42. The number of aryl methyl sites for hydroxylation is 1. The van der Waals surface area contributed by atoms with Crippen LogP contribution in [0.4, 0.5) is 15.9 Å². The molecule has 0 bridgehead atoms. The third kappa shape index (κ3) is 5.07. The van der Waals surface area contributed by atoms with E-state index in [9.17, 15) is 14.0 Å². The number of carbonyl (C=O) groups excluding carboxylic acids is 2. The topological polar surface area (TPSA) is 75.2 Å². The molecule has 0 radical (unpaired) electrons. The number of hydrogen-bond acceptors (Lipinski definition) is 5. The van der Waals surface area contributed by atoms with Gasteiger partial charge < -0.3 is 10.2 Å². The van der Waals surface area contributed by atoms with Crippen molar-refractivity contribution in [2.24, 2.45) is 0 Å². The fourth-order valence-electron chi connectivity index (χ4n) is 3.27. The Hall–Kier alpha value is -2.48. The summed E-state index contributed by atoms with van der Waals surface area (Å²) in [6.07, 6.45) is 2.76. The van der Waals surface area contributed by atoms with Crippen molar-refractivity contribution in [3.63, 3.8) is 0 Å². The number of anilines is 2. The maximum Gasteiger partial charge on any atom is 0.227 e. The first-order chi connectivity index (χ1) is 13.4. The summed E-state index contributed by atoms with van der Waals surface area (Å²) in [5, 5.41) is 11.3. The molecule has 0 saturated heterocycles. The van der Waals surface area contributed by atoms with E-state index in [0.717, 1.165) is 34.9 Å². The normalized spacial score (nSPS) is 15.8. The number of halogens is 1. The number of fused-ring (bicyclic) bond motifs is 1. The van der Waals surface area contributed by atoms with Gasteiger partial charge in [0, 0.05) is 30.8 Å². The van der Waals surface area contributed by atoms with Crippen LogP contribution in [-0.4, -0.2) is 33.8 Å². The molecule has 1 aliphatic rings. The summed E-state index contributed by atoms with van der Waals surface area (Å²) in [7, 11) is 0. The van der Waals surface area contributed by atoms with Crippen molar-refractivity contribution in [1.82, 2.24) is 10.2 Å². The highest BCUT2D eigenvalue weighted by Gasteiger charge is 2.27. The highest BCUT2D eigenvalue weighted by atomic mass is 32.2. The summed E-state index contributed by atoms with van der Waals surface area (Å²) >= 11 is 1.52. The van der Waals surface area contributed by atoms with Crippen molar-refractivity contribution < 1.29 is 14.0 Å². The fraction of sp³-hybridized carbons (Fsp3) is 0.400. The quantitative estimate of drug-likeness (QED) is 0.587. The van der Waals surface area contributed by atoms with Crippen LogP contribution in [0.3, 0.4) is 0 Å². The van der Waals surface area contributed by atoms with Gasteiger partial charge in [0.1, 0.15) is 10.8 Å². The highest BCUT2D eigenvalue weighted by molar-refractivity contribution is 7.99. The van der Waals surface area contributed by atoms with E-state index in [-0.39, 0.29) is 23.7 Å². The molecule has 1 aromatic heterocycles. The van der Waals surface area contributed by atoms with Gasteiger partial charge in [-0.3, -0.25) is 9.59 Å². The van der Waals surface area contributed by atoms with E-state index in [1.807, 2.05) is 11.8 Å². The van der Waals surface area contributed by atoms with Crippen molar-refractivity contribution in [2.45, 2.75) is 50.6 Å². The van der Waals surface area contributed by atoms with Crippen LogP contribution in [0.25, 0.3) is 0 Å². The molecular weight excluding hydrogens is 379 g/mol. The number of amides is 2. The summed E-state index contributed by atoms with van der Waals surface area (Å²) in [5.74, 6) is 0.763. The minimum atomic E-state index is -0.261. The van der Waals surface area contributed by atoms with Crippen molar-refractivity contribution in [1.29, 1.82) is 0 Å². The van der Waals surface area contributed by atoms with Crippen LogP contribution >= 0.6 is 11.8 Å². The summed E-state index contributed by atoms with van der Waals surface area (Å²) in [5.41, 5.74) is 1.73. The smallest absolute Gasteiger partial charge is 0.227 e. The second-order valence-electron chi connectivity index (χ2n) is 6.81. The Bertz CT molecular complexity index is 860. The molecule has 1 aliphatic heterocycles. The van der Waals surface area contributed by atoms with Gasteiger partial charge in [0.2, 0.25) is 11.8 Å². The number of nitrogens with zero attached hydrogens (tertiary/aromatic N) is 3. The molecule has 2 aromatic rings. The van der Waals surface area contributed by atoms with E-state index < -0.39 is 0 Å². The van der Waals surface area contributed by atoms with Crippen molar-refractivity contribution in [3.8, 4) is 0 Å². The van der Waals surface area contributed by atoms with Crippen LogP contribution in [0.2, 0.25) is 0 Å². The summed E-state index contributed by atoms with van der Waals surface area (Å²) in [6, 6.07) is 8.26. The second kappa shape index (κ2) is 9.14. The third-order valence-corrected chi connectivity index (χ3v) is 5.58. The van der Waals surface area contributed by atoms with E-state index in [4.69, 9.17) is 0 Å². The van der Waals surface area contributed by atoms with Gasteiger partial charge in [-0.1, -0.05) is 0 Å².